The molecule has 202 valence electrons. The summed E-state index contributed by atoms with van der Waals surface area (Å²) >= 11 is 0. The fourth-order valence-electron chi connectivity index (χ4n) is 5.46. The molecule has 4 rings (SSSR count). The summed E-state index contributed by atoms with van der Waals surface area (Å²) in [5.41, 5.74) is 2.76. The maximum atomic E-state index is 13.0. The Hall–Kier alpha value is -3.55. The van der Waals surface area contributed by atoms with E-state index in [0.29, 0.717) is 61.4 Å². The van der Waals surface area contributed by atoms with Gasteiger partial charge in [-0.3, -0.25) is 19.4 Å². The molecule has 0 aliphatic heterocycles. The average molecular weight is 521 g/mol. The van der Waals surface area contributed by atoms with Gasteiger partial charge in [0.05, 0.1) is 16.8 Å². The van der Waals surface area contributed by atoms with Crippen LogP contribution in [0.4, 0.5) is 0 Å². The minimum absolute atomic E-state index is 0.0101. The summed E-state index contributed by atoms with van der Waals surface area (Å²) in [7, 11) is 0. The number of carboxylic acid groups (broad SMARTS) is 1. The van der Waals surface area contributed by atoms with Crippen molar-refractivity contribution in [3.8, 4) is 0 Å². The Balaban J connectivity index is 1.46. The van der Waals surface area contributed by atoms with Gasteiger partial charge in [0.2, 0.25) is 0 Å². The number of nitrogens with zero attached hydrogens (tertiary/aromatic N) is 2. The number of benzene rings is 1. The average Bonchev–Trinajstić information content (AvgIpc) is 3.28. The lowest BCUT2D eigenvalue weighted by Crippen LogP contribution is -2.33. The van der Waals surface area contributed by atoms with E-state index in [9.17, 15) is 19.5 Å². The molecule has 1 aromatic carbocycles. The first-order valence-electron chi connectivity index (χ1n) is 13.4. The first kappa shape index (κ1) is 27.5. The van der Waals surface area contributed by atoms with E-state index < -0.39 is 5.97 Å². The van der Waals surface area contributed by atoms with Crippen LogP contribution in [0.2, 0.25) is 0 Å². The molecule has 1 aromatic heterocycles. The second-order valence-electron chi connectivity index (χ2n) is 11.2. The Morgan fingerprint density at radius 3 is 2.53 bits per heavy atom. The molecular weight excluding hydrogens is 484 g/mol. The molecule has 8 nitrogen and oxygen atoms in total. The van der Waals surface area contributed by atoms with Crippen molar-refractivity contribution in [1.29, 1.82) is 0 Å². The monoisotopic (exact) mass is 520 g/mol. The standard InChI is InChI=1S/C30H36N2O6/c1-30(2)17-22(31-14-8-4-7-11-27(36)37)28(25(35)18-30)23(33)13-12-21-29-24(34)15-20(16-26(29)38-32-21)19-9-5-3-6-10-19/h3,5-6,9-10,20,33H,4,7-8,11-18H2,1-2H3,(H,36,37)/b28-23+,31-22?. The number of aliphatic imine (C=N–C) groups is 1. The van der Waals surface area contributed by atoms with Gasteiger partial charge in [-0.05, 0) is 36.2 Å². The van der Waals surface area contributed by atoms with Crippen molar-refractivity contribution in [3.63, 3.8) is 0 Å². The normalized spacial score (nSPS) is 21.4. The van der Waals surface area contributed by atoms with Crippen LogP contribution in [0.15, 0.2) is 51.2 Å². The number of aromatic nitrogens is 1. The number of allylic oxidation sites excluding steroid dienone is 2. The van der Waals surface area contributed by atoms with Gasteiger partial charge in [0.15, 0.2) is 11.6 Å². The summed E-state index contributed by atoms with van der Waals surface area (Å²) in [5.74, 6) is -0.345. The van der Waals surface area contributed by atoms with Crippen LogP contribution in [0, 0.1) is 5.41 Å². The van der Waals surface area contributed by atoms with Crippen LogP contribution in [0.1, 0.15) is 98.5 Å². The third kappa shape index (κ3) is 6.65. The second kappa shape index (κ2) is 11.9. The van der Waals surface area contributed by atoms with E-state index in [2.05, 4.69) is 10.1 Å². The fourth-order valence-corrected chi connectivity index (χ4v) is 5.46. The number of rotatable bonds is 10. The second-order valence-corrected chi connectivity index (χ2v) is 11.2. The van der Waals surface area contributed by atoms with E-state index in [1.165, 1.54) is 0 Å². The van der Waals surface area contributed by atoms with Gasteiger partial charge in [0.1, 0.15) is 11.5 Å². The van der Waals surface area contributed by atoms with Gasteiger partial charge in [0, 0.05) is 50.8 Å². The molecule has 38 heavy (non-hydrogen) atoms. The number of ketones is 2. The summed E-state index contributed by atoms with van der Waals surface area (Å²) in [6, 6.07) is 9.90. The lowest BCUT2D eigenvalue weighted by Gasteiger charge is -2.31. The Bertz CT molecular complexity index is 1250. The number of carboxylic acids is 1. The number of unbranched alkanes of at least 4 members (excludes halogenated alkanes) is 2. The minimum Gasteiger partial charge on any atom is -0.511 e. The molecule has 0 bridgehead atoms. The molecule has 0 amide bonds. The number of hydrogen-bond donors (Lipinski definition) is 2. The summed E-state index contributed by atoms with van der Waals surface area (Å²) in [6.07, 6.45) is 4.51. The number of fused-ring (bicyclic) bond motifs is 1. The van der Waals surface area contributed by atoms with E-state index in [4.69, 9.17) is 9.63 Å². The first-order valence-corrected chi connectivity index (χ1v) is 13.4. The number of hydrogen-bond acceptors (Lipinski definition) is 7. The number of aliphatic carboxylic acids is 1. The third-order valence-electron chi connectivity index (χ3n) is 7.34. The molecular formula is C30H36N2O6. The van der Waals surface area contributed by atoms with Gasteiger partial charge in [-0.15, -0.1) is 0 Å². The van der Waals surface area contributed by atoms with E-state index in [-0.39, 0.29) is 53.5 Å². The van der Waals surface area contributed by atoms with E-state index >= 15 is 0 Å². The summed E-state index contributed by atoms with van der Waals surface area (Å²) in [4.78, 5) is 41.4. The molecule has 2 N–H and O–H groups in total. The van der Waals surface area contributed by atoms with Crippen LogP contribution in [-0.2, 0) is 22.4 Å². The lowest BCUT2D eigenvalue weighted by molar-refractivity contribution is -0.137. The van der Waals surface area contributed by atoms with Gasteiger partial charge >= 0.3 is 5.97 Å². The third-order valence-corrected chi connectivity index (χ3v) is 7.34. The van der Waals surface area contributed by atoms with Crippen molar-refractivity contribution in [1.82, 2.24) is 5.16 Å². The molecule has 8 heteroatoms. The van der Waals surface area contributed by atoms with Gasteiger partial charge < -0.3 is 14.7 Å². The van der Waals surface area contributed by atoms with Crippen LogP contribution in [-0.4, -0.2) is 45.2 Å². The minimum atomic E-state index is -0.808. The number of aliphatic hydroxyl groups is 1. The Morgan fingerprint density at radius 2 is 1.79 bits per heavy atom. The Kier molecular flexibility index (Phi) is 8.59. The van der Waals surface area contributed by atoms with Crippen molar-refractivity contribution < 1.29 is 29.1 Å². The zero-order valence-corrected chi connectivity index (χ0v) is 22.2. The number of Topliss-reactive ketones (excluding diaryl/α,β-unsaturated/α-hetero) is 2. The van der Waals surface area contributed by atoms with Crippen molar-refractivity contribution in [3.05, 3.63) is 64.2 Å². The molecule has 0 saturated heterocycles. The van der Waals surface area contributed by atoms with E-state index in [1.807, 2.05) is 44.2 Å². The van der Waals surface area contributed by atoms with Gasteiger partial charge in [-0.25, -0.2) is 0 Å². The maximum absolute atomic E-state index is 13.0. The van der Waals surface area contributed by atoms with Crippen LogP contribution >= 0.6 is 0 Å². The van der Waals surface area contributed by atoms with Gasteiger partial charge in [-0.1, -0.05) is 55.8 Å². The van der Waals surface area contributed by atoms with Crippen LogP contribution < -0.4 is 0 Å². The predicted octanol–water partition coefficient (Wildman–Crippen LogP) is 5.81. The van der Waals surface area contributed by atoms with E-state index in [1.54, 1.807) is 0 Å². The zero-order valence-electron chi connectivity index (χ0n) is 22.2. The van der Waals surface area contributed by atoms with Gasteiger partial charge in [-0.2, -0.15) is 0 Å². The van der Waals surface area contributed by atoms with Crippen molar-refractivity contribution in [2.24, 2.45) is 10.4 Å². The Labute approximate surface area is 222 Å². The molecule has 0 spiro atoms. The Morgan fingerprint density at radius 1 is 1.03 bits per heavy atom. The van der Waals surface area contributed by atoms with Crippen LogP contribution in [0.25, 0.3) is 0 Å². The van der Waals surface area contributed by atoms with E-state index in [0.717, 1.165) is 18.4 Å². The molecule has 2 aliphatic rings. The van der Waals surface area contributed by atoms with Crippen molar-refractivity contribution >= 4 is 23.2 Å². The molecule has 1 unspecified atom stereocenters. The maximum Gasteiger partial charge on any atom is 0.303 e. The van der Waals surface area contributed by atoms with Crippen LogP contribution in [0.5, 0.6) is 0 Å². The quantitative estimate of drug-likeness (QED) is 0.230. The summed E-state index contributed by atoms with van der Waals surface area (Å²) in [5, 5.41) is 24.0. The first-order chi connectivity index (χ1) is 18.1. The highest BCUT2D eigenvalue weighted by Crippen LogP contribution is 2.37. The number of aliphatic hydroxyl groups excluding tert-OH is 1. The van der Waals surface area contributed by atoms with Gasteiger partial charge in [0.25, 0.3) is 0 Å². The van der Waals surface area contributed by atoms with Crippen LogP contribution in [0.3, 0.4) is 0 Å². The highest BCUT2D eigenvalue weighted by atomic mass is 16.5. The number of carbonyl (C=O) groups is 3. The lowest BCUT2D eigenvalue weighted by atomic mass is 9.73. The largest absolute Gasteiger partial charge is 0.511 e. The molecule has 1 saturated carbocycles. The van der Waals surface area contributed by atoms with Crippen molar-refractivity contribution in [2.45, 2.75) is 84.0 Å². The summed E-state index contributed by atoms with van der Waals surface area (Å²) in [6.45, 7) is 4.50. The molecule has 2 aromatic rings. The zero-order chi connectivity index (χ0) is 27.3. The highest BCUT2D eigenvalue weighted by Gasteiger charge is 2.37. The van der Waals surface area contributed by atoms with Crippen molar-refractivity contribution in [2.75, 3.05) is 6.54 Å². The smallest absolute Gasteiger partial charge is 0.303 e. The summed E-state index contributed by atoms with van der Waals surface area (Å²) < 4.78 is 5.56. The highest BCUT2D eigenvalue weighted by molar-refractivity contribution is 6.24. The number of aryl methyl sites for hydroxylation is 1. The molecule has 1 heterocycles. The topological polar surface area (TPSA) is 130 Å². The molecule has 1 atom stereocenters. The fraction of sp³-hybridized carbons (Fsp3) is 0.500. The molecule has 2 aliphatic carbocycles. The molecule has 0 radical (unpaired) electrons. The predicted molar refractivity (Wildman–Crippen MR) is 143 cm³/mol. The molecule has 1 fully saturated rings. The number of carbonyl (C=O) groups excluding carboxylic acids is 2. The SMILES string of the molecule is CC1(C)CC(=O)/C(=C(/O)CCc2noc3c2C(=O)CC(c2ccccc2)C3)C(=NCCCCCC(=O)O)C1.